The highest BCUT2D eigenvalue weighted by Crippen LogP contribution is 2.21. The van der Waals surface area contributed by atoms with Crippen molar-refractivity contribution in [2.45, 2.75) is 83.0 Å². The first-order valence-electron chi connectivity index (χ1n) is 11.4. The Bertz CT molecular complexity index is 715. The van der Waals surface area contributed by atoms with E-state index < -0.39 is 53.8 Å². The van der Waals surface area contributed by atoms with Crippen LogP contribution in [0.4, 0.5) is 0 Å². The van der Waals surface area contributed by atoms with Gasteiger partial charge in [-0.1, -0.05) is 13.8 Å². The van der Waals surface area contributed by atoms with Gasteiger partial charge in [-0.2, -0.15) is 0 Å². The molecule has 1 fully saturated rings. The van der Waals surface area contributed by atoms with E-state index >= 15 is 0 Å². The maximum atomic E-state index is 13.2. The summed E-state index contributed by atoms with van der Waals surface area (Å²) in [5.74, 6) is -3.58. The number of nitrogens with zero attached hydrogens (tertiary/aromatic N) is 1. The highest BCUT2D eigenvalue weighted by atomic mass is 16.4. The molecule has 0 aromatic rings. The highest BCUT2D eigenvalue weighted by Gasteiger charge is 2.39. The number of unbranched alkanes of at least 4 members (excludes halogenated alkanes) is 1. The van der Waals surface area contributed by atoms with Crippen LogP contribution in [0.5, 0.6) is 0 Å². The molecule has 33 heavy (non-hydrogen) atoms. The second-order valence-electron chi connectivity index (χ2n) is 8.72. The van der Waals surface area contributed by atoms with E-state index in [1.54, 1.807) is 13.8 Å². The van der Waals surface area contributed by atoms with E-state index in [9.17, 15) is 29.1 Å². The van der Waals surface area contributed by atoms with Crippen LogP contribution >= 0.6 is 0 Å². The molecular formula is C21H38N6O6. The van der Waals surface area contributed by atoms with Crippen LogP contribution in [0, 0.1) is 5.92 Å². The number of amides is 4. The molecule has 9 N–H and O–H groups in total. The minimum Gasteiger partial charge on any atom is -0.480 e. The molecule has 0 radical (unpaired) electrons. The lowest BCUT2D eigenvalue weighted by atomic mass is 10.0. The van der Waals surface area contributed by atoms with Crippen molar-refractivity contribution in [3.63, 3.8) is 0 Å². The molecule has 12 nitrogen and oxygen atoms in total. The number of aliphatic carboxylic acids is 1. The van der Waals surface area contributed by atoms with Crippen LogP contribution in [-0.4, -0.2) is 76.9 Å². The first-order valence-corrected chi connectivity index (χ1v) is 11.4. The number of nitrogens with one attached hydrogen (secondary N) is 2. The second kappa shape index (κ2) is 13.7. The monoisotopic (exact) mass is 470 g/mol. The van der Waals surface area contributed by atoms with E-state index in [1.165, 1.54) is 4.90 Å². The van der Waals surface area contributed by atoms with Crippen molar-refractivity contribution in [1.82, 2.24) is 15.5 Å². The Balaban J connectivity index is 2.85. The molecule has 0 bridgehead atoms. The molecule has 1 saturated heterocycles. The van der Waals surface area contributed by atoms with Crippen molar-refractivity contribution < 1.29 is 29.1 Å². The summed E-state index contributed by atoms with van der Waals surface area (Å²) in [5.41, 5.74) is 16.3. The van der Waals surface area contributed by atoms with Gasteiger partial charge in [-0.15, -0.1) is 0 Å². The summed E-state index contributed by atoms with van der Waals surface area (Å²) >= 11 is 0. The van der Waals surface area contributed by atoms with Crippen molar-refractivity contribution in [2.24, 2.45) is 23.1 Å². The van der Waals surface area contributed by atoms with E-state index in [4.69, 9.17) is 17.2 Å². The lowest BCUT2D eigenvalue weighted by Gasteiger charge is -2.31. The number of nitrogens with two attached hydrogens (primary N) is 3. The number of primary amides is 1. The first-order chi connectivity index (χ1) is 15.5. The van der Waals surface area contributed by atoms with Crippen molar-refractivity contribution >= 4 is 29.6 Å². The quantitative estimate of drug-likeness (QED) is 0.162. The van der Waals surface area contributed by atoms with Gasteiger partial charge in [-0.25, -0.2) is 4.79 Å². The third kappa shape index (κ3) is 8.97. The van der Waals surface area contributed by atoms with Gasteiger partial charge in [-0.3, -0.25) is 19.2 Å². The number of hydrogen-bond acceptors (Lipinski definition) is 7. The zero-order valence-corrected chi connectivity index (χ0v) is 19.4. The van der Waals surface area contributed by atoms with E-state index in [-0.39, 0.29) is 25.2 Å². The van der Waals surface area contributed by atoms with Crippen LogP contribution in [0.1, 0.15) is 58.8 Å². The molecule has 0 aromatic carbocycles. The summed E-state index contributed by atoms with van der Waals surface area (Å²) in [7, 11) is 0. The molecule has 1 aliphatic rings. The molecule has 4 atom stereocenters. The Morgan fingerprint density at radius 2 is 1.76 bits per heavy atom. The molecule has 1 heterocycles. The van der Waals surface area contributed by atoms with Crippen LogP contribution in [0.25, 0.3) is 0 Å². The van der Waals surface area contributed by atoms with Crippen LogP contribution < -0.4 is 27.8 Å². The third-order valence-corrected chi connectivity index (χ3v) is 5.67. The number of hydrogen-bond donors (Lipinski definition) is 6. The zero-order chi connectivity index (χ0) is 25.1. The van der Waals surface area contributed by atoms with Gasteiger partial charge in [0, 0.05) is 13.0 Å². The van der Waals surface area contributed by atoms with E-state index in [0.717, 1.165) is 0 Å². The van der Waals surface area contributed by atoms with Crippen LogP contribution in [-0.2, 0) is 24.0 Å². The fourth-order valence-electron chi connectivity index (χ4n) is 3.70. The summed E-state index contributed by atoms with van der Waals surface area (Å²) in [6.07, 6.45) is 2.40. The third-order valence-electron chi connectivity index (χ3n) is 5.67. The number of rotatable bonds is 14. The van der Waals surface area contributed by atoms with Crippen LogP contribution in [0.3, 0.4) is 0 Å². The number of carbonyl (C=O) groups excluding carboxylic acids is 4. The minimum atomic E-state index is -1.14. The number of likely N-dealkylation sites (tertiary alicyclic amines) is 1. The Labute approximate surface area is 194 Å². The highest BCUT2D eigenvalue weighted by molar-refractivity contribution is 5.94. The smallest absolute Gasteiger partial charge is 0.326 e. The topological polar surface area (TPSA) is 211 Å². The van der Waals surface area contributed by atoms with Crippen molar-refractivity contribution in [3.8, 4) is 0 Å². The molecule has 188 valence electrons. The normalized spacial score (nSPS) is 18.5. The Kier molecular flexibility index (Phi) is 11.8. The van der Waals surface area contributed by atoms with E-state index in [2.05, 4.69) is 10.6 Å². The Morgan fingerprint density at radius 1 is 1.09 bits per heavy atom. The van der Waals surface area contributed by atoms with Gasteiger partial charge in [0.2, 0.25) is 23.6 Å². The standard InChI is InChI=1S/C21H38N6O6/c1-12(2)17(26-18(29)13(23)8-9-16(24)28)20(31)27-11-5-7-15(27)19(30)25-14(21(32)33)6-3-4-10-22/h12-15,17H,3-11,22-23H2,1-2H3,(H2,24,28)(H,25,30)(H,26,29)(H,32,33). The predicted molar refractivity (Wildman–Crippen MR) is 120 cm³/mol. The average molecular weight is 471 g/mol. The summed E-state index contributed by atoms with van der Waals surface area (Å²) in [6, 6.07) is -3.82. The van der Waals surface area contributed by atoms with Gasteiger partial charge in [0.05, 0.1) is 6.04 Å². The molecule has 1 rings (SSSR count). The predicted octanol–water partition coefficient (Wildman–Crippen LogP) is -1.59. The lowest BCUT2D eigenvalue weighted by Crippen LogP contribution is -2.58. The largest absolute Gasteiger partial charge is 0.480 e. The molecule has 12 heteroatoms. The van der Waals surface area contributed by atoms with Gasteiger partial charge < -0.3 is 37.8 Å². The fraction of sp³-hybridized carbons (Fsp3) is 0.762. The Hall–Kier alpha value is -2.73. The molecule has 0 aromatic heterocycles. The molecule has 0 saturated carbocycles. The van der Waals surface area contributed by atoms with Crippen LogP contribution in [0.2, 0.25) is 0 Å². The van der Waals surface area contributed by atoms with E-state index in [0.29, 0.717) is 38.8 Å². The second-order valence-corrected chi connectivity index (χ2v) is 8.72. The number of carbonyl (C=O) groups is 5. The lowest BCUT2D eigenvalue weighted by molar-refractivity contribution is -0.145. The molecule has 0 spiro atoms. The average Bonchev–Trinajstić information content (AvgIpc) is 3.24. The number of carboxylic acid groups (broad SMARTS) is 1. The maximum Gasteiger partial charge on any atom is 0.326 e. The molecule has 1 aliphatic heterocycles. The van der Waals surface area contributed by atoms with E-state index in [1.807, 2.05) is 0 Å². The minimum absolute atomic E-state index is 0.0512. The van der Waals surface area contributed by atoms with Gasteiger partial charge in [0.1, 0.15) is 18.1 Å². The molecule has 4 unspecified atom stereocenters. The van der Waals surface area contributed by atoms with Gasteiger partial charge >= 0.3 is 5.97 Å². The summed E-state index contributed by atoms with van der Waals surface area (Å²) in [6.45, 7) is 4.25. The maximum absolute atomic E-state index is 13.2. The van der Waals surface area contributed by atoms with Crippen molar-refractivity contribution in [3.05, 3.63) is 0 Å². The van der Waals surface area contributed by atoms with Crippen molar-refractivity contribution in [2.75, 3.05) is 13.1 Å². The Morgan fingerprint density at radius 3 is 2.30 bits per heavy atom. The zero-order valence-electron chi connectivity index (χ0n) is 19.4. The van der Waals surface area contributed by atoms with Gasteiger partial charge in [0.25, 0.3) is 0 Å². The van der Waals surface area contributed by atoms with Gasteiger partial charge in [-0.05, 0) is 51.0 Å². The SMILES string of the molecule is CC(C)C(NC(=O)C(N)CCC(N)=O)C(=O)N1CCCC1C(=O)NC(CCCCN)C(=O)O. The first kappa shape index (κ1) is 28.3. The van der Waals surface area contributed by atoms with Crippen molar-refractivity contribution in [1.29, 1.82) is 0 Å². The summed E-state index contributed by atoms with van der Waals surface area (Å²) < 4.78 is 0. The summed E-state index contributed by atoms with van der Waals surface area (Å²) in [5, 5.41) is 14.6. The molecule has 0 aliphatic carbocycles. The fourth-order valence-corrected chi connectivity index (χ4v) is 3.70. The van der Waals surface area contributed by atoms with Crippen LogP contribution in [0.15, 0.2) is 0 Å². The molecule has 4 amide bonds. The number of carboxylic acids is 1. The molecular weight excluding hydrogens is 432 g/mol. The summed E-state index contributed by atoms with van der Waals surface area (Å²) in [4.78, 5) is 62.3. The van der Waals surface area contributed by atoms with Gasteiger partial charge in [0.15, 0.2) is 0 Å².